The van der Waals surface area contributed by atoms with E-state index in [0.717, 1.165) is 70.8 Å². The van der Waals surface area contributed by atoms with Crippen LogP contribution < -0.4 is 0 Å². The molecule has 0 heterocycles. The summed E-state index contributed by atoms with van der Waals surface area (Å²) in [4.78, 5) is 27.4. The highest BCUT2D eigenvalue weighted by molar-refractivity contribution is 5.82. The maximum Gasteiger partial charge on any atom is 0.330 e. The normalized spacial score (nSPS) is 12.8. The van der Waals surface area contributed by atoms with Gasteiger partial charge in [0.2, 0.25) is 0 Å². The number of esters is 2. The summed E-state index contributed by atoms with van der Waals surface area (Å²) in [6.07, 6.45) is 45.3. The van der Waals surface area contributed by atoms with Crippen molar-refractivity contribution in [2.45, 2.75) is 219 Å². The average Bonchev–Trinajstić information content (AvgIpc) is 3.10. The third-order valence-corrected chi connectivity index (χ3v) is 9.70. The molecule has 0 saturated carbocycles. The lowest BCUT2D eigenvalue weighted by Gasteiger charge is -2.18. The van der Waals surface area contributed by atoms with Crippen molar-refractivity contribution >= 4 is 11.9 Å². The van der Waals surface area contributed by atoms with Crippen molar-refractivity contribution in [1.82, 2.24) is 4.90 Å². The second-order valence-corrected chi connectivity index (χ2v) is 15.2. The molecule has 0 N–H and O–H groups in total. The van der Waals surface area contributed by atoms with Gasteiger partial charge in [-0.15, -0.1) is 0 Å². The maximum absolute atomic E-state index is 12.7. The fraction of sp³-hybridized carbons (Fsp3) is 0.826. The van der Waals surface area contributed by atoms with Gasteiger partial charge in [-0.2, -0.15) is 0 Å². The first-order chi connectivity index (χ1) is 24.9. The summed E-state index contributed by atoms with van der Waals surface area (Å²) in [5.74, 6) is -0.302. The molecule has 0 saturated heterocycles. The van der Waals surface area contributed by atoms with Crippen LogP contribution in [0.1, 0.15) is 213 Å². The molecule has 51 heavy (non-hydrogen) atoms. The zero-order valence-corrected chi connectivity index (χ0v) is 34.7. The van der Waals surface area contributed by atoms with Gasteiger partial charge in [0.1, 0.15) is 6.10 Å². The Hall–Kier alpha value is -1.88. The first-order valence-electron chi connectivity index (χ1n) is 21.9. The molecule has 1 unspecified atom stereocenters. The molecule has 0 aliphatic carbocycles. The SMILES string of the molecule is CCCCC/C=C/C/C=C/CCCCCCCCCCC(CCCOC(=O)/C=C(/CCCCC)CCCCCCCC)OC(=O)CCCN(C)C. The molecular weight excluding hydrogens is 631 g/mol. The number of nitrogens with zero attached hydrogens (tertiary/aromatic N) is 1. The summed E-state index contributed by atoms with van der Waals surface area (Å²) < 4.78 is 11.6. The molecular formula is C46H85NO4. The Balaban J connectivity index is 4.44. The number of rotatable bonds is 38. The van der Waals surface area contributed by atoms with Crippen LogP contribution in [0.4, 0.5) is 0 Å². The fourth-order valence-electron chi connectivity index (χ4n) is 6.46. The second-order valence-electron chi connectivity index (χ2n) is 15.2. The highest BCUT2D eigenvalue weighted by atomic mass is 16.5. The van der Waals surface area contributed by atoms with Crippen LogP contribution >= 0.6 is 0 Å². The molecule has 0 amide bonds. The van der Waals surface area contributed by atoms with Gasteiger partial charge >= 0.3 is 11.9 Å². The van der Waals surface area contributed by atoms with Crippen LogP contribution in [-0.4, -0.2) is 50.2 Å². The van der Waals surface area contributed by atoms with E-state index in [2.05, 4.69) is 50.0 Å². The molecule has 5 heteroatoms. The third-order valence-electron chi connectivity index (χ3n) is 9.70. The number of hydrogen-bond acceptors (Lipinski definition) is 5. The van der Waals surface area contributed by atoms with Crippen molar-refractivity contribution < 1.29 is 19.1 Å². The molecule has 1 atom stereocenters. The average molecular weight is 716 g/mol. The Morgan fingerprint density at radius 1 is 0.549 bits per heavy atom. The molecule has 0 aromatic heterocycles. The molecule has 0 rings (SSSR count). The van der Waals surface area contributed by atoms with E-state index in [-0.39, 0.29) is 18.0 Å². The maximum atomic E-state index is 12.7. The Morgan fingerprint density at radius 2 is 1.04 bits per heavy atom. The Labute approximate surface area is 317 Å². The van der Waals surface area contributed by atoms with Crippen molar-refractivity contribution in [3.63, 3.8) is 0 Å². The molecule has 5 nitrogen and oxygen atoms in total. The largest absolute Gasteiger partial charge is 0.463 e. The molecule has 0 spiro atoms. The highest BCUT2D eigenvalue weighted by Crippen LogP contribution is 2.19. The van der Waals surface area contributed by atoms with Crippen LogP contribution in [-0.2, 0) is 19.1 Å². The number of unbranched alkanes of at least 4 members (excludes halogenated alkanes) is 18. The summed E-state index contributed by atoms with van der Waals surface area (Å²) >= 11 is 0. The molecule has 0 aliphatic rings. The minimum atomic E-state index is -0.206. The van der Waals surface area contributed by atoms with Gasteiger partial charge in [-0.05, 0) is 111 Å². The van der Waals surface area contributed by atoms with Gasteiger partial charge in [-0.3, -0.25) is 4.79 Å². The monoisotopic (exact) mass is 716 g/mol. The third kappa shape index (κ3) is 37.7. The predicted octanol–water partition coefficient (Wildman–Crippen LogP) is 13.8. The standard InChI is InChI=1S/C46H85NO4/c1-6-9-12-14-16-17-18-19-20-21-22-23-24-25-26-27-29-32-37-44(51-45(48)39-33-40-47(4)5)38-34-41-50-46(49)42-43(35-30-11-8-3)36-31-28-15-13-10-7-2/h16-17,19-20,42,44H,6-15,18,21-41H2,1-5H3/b17-16+,20-19+,43-42-. The van der Waals surface area contributed by atoms with Gasteiger partial charge < -0.3 is 14.4 Å². The van der Waals surface area contributed by atoms with Crippen LogP contribution in [0.25, 0.3) is 0 Å². The Kier molecular flexibility index (Phi) is 37.9. The summed E-state index contributed by atoms with van der Waals surface area (Å²) in [5.41, 5.74) is 1.25. The predicted molar refractivity (Wildman–Crippen MR) is 221 cm³/mol. The van der Waals surface area contributed by atoms with Gasteiger partial charge in [0.15, 0.2) is 0 Å². The molecule has 0 aromatic rings. The molecule has 0 aromatic carbocycles. The zero-order chi connectivity index (χ0) is 37.5. The van der Waals surface area contributed by atoms with E-state index in [4.69, 9.17) is 9.47 Å². The lowest BCUT2D eigenvalue weighted by Crippen LogP contribution is -2.21. The molecule has 0 aliphatic heterocycles. The molecule has 0 bridgehead atoms. The van der Waals surface area contributed by atoms with Gasteiger partial charge in [-0.1, -0.05) is 147 Å². The summed E-state index contributed by atoms with van der Waals surface area (Å²) in [6, 6.07) is 0. The van der Waals surface area contributed by atoms with E-state index in [1.54, 1.807) is 6.08 Å². The Bertz CT molecular complexity index is 861. The first kappa shape index (κ1) is 49.1. The zero-order valence-electron chi connectivity index (χ0n) is 34.7. The van der Waals surface area contributed by atoms with Crippen molar-refractivity contribution in [2.75, 3.05) is 27.2 Å². The van der Waals surface area contributed by atoms with Crippen LogP contribution in [0, 0.1) is 0 Å². The summed E-state index contributed by atoms with van der Waals surface area (Å²) in [7, 11) is 4.06. The quantitative estimate of drug-likeness (QED) is 0.0276. The van der Waals surface area contributed by atoms with Crippen LogP contribution in [0.3, 0.4) is 0 Å². The van der Waals surface area contributed by atoms with Gasteiger partial charge in [-0.25, -0.2) is 4.79 Å². The van der Waals surface area contributed by atoms with E-state index < -0.39 is 0 Å². The van der Waals surface area contributed by atoms with Crippen molar-refractivity contribution in [3.05, 3.63) is 36.0 Å². The van der Waals surface area contributed by atoms with Crippen molar-refractivity contribution in [2.24, 2.45) is 0 Å². The highest BCUT2D eigenvalue weighted by Gasteiger charge is 2.15. The minimum Gasteiger partial charge on any atom is -0.463 e. The number of carbonyl (C=O) groups is 2. The topological polar surface area (TPSA) is 55.8 Å². The second kappa shape index (κ2) is 39.3. The molecule has 0 fully saturated rings. The number of carbonyl (C=O) groups excluding carboxylic acids is 2. The van der Waals surface area contributed by atoms with E-state index in [9.17, 15) is 9.59 Å². The van der Waals surface area contributed by atoms with Crippen molar-refractivity contribution in [1.29, 1.82) is 0 Å². The minimum absolute atomic E-state index is 0.0898. The van der Waals surface area contributed by atoms with Gasteiger partial charge in [0, 0.05) is 12.5 Å². The summed E-state index contributed by atoms with van der Waals surface area (Å²) in [5, 5.41) is 0. The van der Waals surface area contributed by atoms with Gasteiger partial charge in [0.25, 0.3) is 0 Å². The lowest BCUT2D eigenvalue weighted by atomic mass is 10.00. The lowest BCUT2D eigenvalue weighted by molar-refractivity contribution is -0.150. The van der Waals surface area contributed by atoms with Gasteiger partial charge in [0.05, 0.1) is 6.61 Å². The Morgan fingerprint density at radius 3 is 1.67 bits per heavy atom. The van der Waals surface area contributed by atoms with E-state index in [1.807, 2.05) is 14.1 Å². The number of ether oxygens (including phenoxy) is 2. The van der Waals surface area contributed by atoms with Crippen LogP contribution in [0.5, 0.6) is 0 Å². The van der Waals surface area contributed by atoms with Crippen LogP contribution in [0.15, 0.2) is 36.0 Å². The smallest absolute Gasteiger partial charge is 0.330 e. The molecule has 298 valence electrons. The van der Waals surface area contributed by atoms with E-state index in [1.165, 1.54) is 128 Å². The molecule has 0 radical (unpaired) electrons. The van der Waals surface area contributed by atoms with E-state index >= 15 is 0 Å². The summed E-state index contributed by atoms with van der Waals surface area (Å²) in [6.45, 7) is 8.00. The fourth-order valence-corrected chi connectivity index (χ4v) is 6.46. The van der Waals surface area contributed by atoms with Crippen LogP contribution in [0.2, 0.25) is 0 Å². The van der Waals surface area contributed by atoms with E-state index in [0.29, 0.717) is 13.0 Å². The number of hydrogen-bond donors (Lipinski definition) is 0. The number of allylic oxidation sites excluding steroid dienone is 5. The van der Waals surface area contributed by atoms with Crippen molar-refractivity contribution in [3.8, 4) is 0 Å². The first-order valence-corrected chi connectivity index (χ1v) is 21.9.